The number of carbonyl (C=O) groups is 4. The molecule has 2 unspecified atom stereocenters. The molecular weight excluding hydrogens is 450 g/mol. The first-order valence-corrected chi connectivity index (χ1v) is 10.8. The van der Waals surface area contributed by atoms with Gasteiger partial charge in [0.1, 0.15) is 0 Å². The van der Waals surface area contributed by atoms with E-state index < -0.39 is 36.0 Å². The Morgan fingerprint density at radius 1 is 0.714 bits per heavy atom. The number of esters is 2. The Bertz CT molecular complexity index is 1190. The number of carboxylic acids is 1. The summed E-state index contributed by atoms with van der Waals surface area (Å²) in [5.41, 5.74) is 2.74. The zero-order valence-corrected chi connectivity index (χ0v) is 19.3. The van der Waals surface area contributed by atoms with Crippen LogP contribution in [-0.4, -0.2) is 41.1 Å². The number of aryl methyl sites for hydroxylation is 2. The molecule has 8 heteroatoms. The molecular formula is C27H25NO7. The third-order valence-electron chi connectivity index (χ3n) is 5.13. The van der Waals surface area contributed by atoms with Crippen LogP contribution in [-0.2, 0) is 25.6 Å². The molecule has 0 saturated carbocycles. The van der Waals surface area contributed by atoms with E-state index in [0.29, 0.717) is 0 Å². The summed E-state index contributed by atoms with van der Waals surface area (Å²) in [6.45, 7) is 3.71. The Hall–Kier alpha value is -4.46. The average Bonchev–Trinajstić information content (AvgIpc) is 2.85. The molecule has 0 spiro atoms. The van der Waals surface area contributed by atoms with Crippen molar-refractivity contribution >= 4 is 23.8 Å². The Morgan fingerprint density at radius 3 is 1.63 bits per heavy atom. The fraction of sp³-hybridized carbons (Fsp3) is 0.185. The molecule has 35 heavy (non-hydrogen) atoms. The number of hydrogen-bond acceptors (Lipinski definition) is 6. The van der Waals surface area contributed by atoms with Gasteiger partial charge in [-0.1, -0.05) is 65.7 Å². The second kappa shape index (κ2) is 11.6. The van der Waals surface area contributed by atoms with Crippen molar-refractivity contribution in [2.75, 3.05) is 0 Å². The van der Waals surface area contributed by atoms with E-state index in [9.17, 15) is 24.3 Å². The molecule has 0 radical (unpaired) electrons. The smallest absolute Gasteiger partial charge is 0.349 e. The summed E-state index contributed by atoms with van der Waals surface area (Å²) >= 11 is 0. The first kappa shape index (κ1) is 25.2. The fourth-order valence-corrected chi connectivity index (χ4v) is 3.13. The number of carbonyl (C=O) groups excluding carboxylic acids is 3. The molecule has 0 aliphatic heterocycles. The second-order valence-electron chi connectivity index (χ2n) is 7.93. The van der Waals surface area contributed by atoms with E-state index in [-0.39, 0.29) is 17.7 Å². The SMILES string of the molecule is Cc1ccc(C(=O)OC(C(=O)O)C(OC(=O)c2ccc(C)cc2)C(=O)NCc2ccccc2)cc1. The van der Waals surface area contributed by atoms with Crippen LogP contribution in [0.2, 0.25) is 0 Å². The lowest BCUT2D eigenvalue weighted by Crippen LogP contribution is -2.50. The monoisotopic (exact) mass is 475 g/mol. The minimum atomic E-state index is -2.08. The zero-order chi connectivity index (χ0) is 25.4. The first-order valence-electron chi connectivity index (χ1n) is 10.8. The highest BCUT2D eigenvalue weighted by atomic mass is 16.6. The van der Waals surface area contributed by atoms with Gasteiger partial charge in [0.25, 0.3) is 5.91 Å². The maximum atomic E-state index is 13.0. The quantitative estimate of drug-likeness (QED) is 0.455. The molecule has 0 saturated heterocycles. The standard InChI is InChI=1S/C27H25NO7/c1-17-8-12-20(13-9-17)26(32)34-22(24(29)28-16-19-6-4-3-5-7-19)23(25(30)31)35-27(33)21-14-10-18(2)11-15-21/h3-15,22-23H,16H2,1-2H3,(H,28,29)(H,30,31). The lowest BCUT2D eigenvalue weighted by molar-refractivity contribution is -0.159. The molecule has 0 fully saturated rings. The molecule has 3 rings (SSSR count). The van der Waals surface area contributed by atoms with Crippen LogP contribution in [0.1, 0.15) is 37.4 Å². The van der Waals surface area contributed by atoms with E-state index in [4.69, 9.17) is 9.47 Å². The highest BCUT2D eigenvalue weighted by Gasteiger charge is 2.40. The van der Waals surface area contributed by atoms with Crippen LogP contribution in [0.4, 0.5) is 0 Å². The molecule has 1 amide bonds. The van der Waals surface area contributed by atoms with Crippen molar-refractivity contribution in [3.05, 3.63) is 107 Å². The second-order valence-corrected chi connectivity index (χ2v) is 7.93. The summed E-state index contributed by atoms with van der Waals surface area (Å²) in [4.78, 5) is 50.4. The van der Waals surface area contributed by atoms with E-state index in [2.05, 4.69) is 5.32 Å². The Balaban J connectivity index is 1.85. The van der Waals surface area contributed by atoms with Crippen LogP contribution in [0.25, 0.3) is 0 Å². The summed E-state index contributed by atoms with van der Waals surface area (Å²) in [6, 6.07) is 21.5. The highest BCUT2D eigenvalue weighted by molar-refractivity contribution is 5.96. The number of nitrogens with one attached hydrogen (secondary N) is 1. The first-order chi connectivity index (χ1) is 16.7. The van der Waals surface area contributed by atoms with Crippen molar-refractivity contribution in [1.82, 2.24) is 5.32 Å². The summed E-state index contributed by atoms with van der Waals surface area (Å²) in [7, 11) is 0. The number of ether oxygens (including phenoxy) is 2. The molecule has 0 bridgehead atoms. The lowest BCUT2D eigenvalue weighted by atomic mass is 10.1. The van der Waals surface area contributed by atoms with E-state index >= 15 is 0 Å². The van der Waals surface area contributed by atoms with E-state index in [0.717, 1.165) is 16.7 Å². The van der Waals surface area contributed by atoms with Crippen LogP contribution in [0.5, 0.6) is 0 Å². The van der Waals surface area contributed by atoms with Gasteiger partial charge in [0, 0.05) is 6.54 Å². The topological polar surface area (TPSA) is 119 Å². The number of amides is 1. The molecule has 3 aromatic carbocycles. The maximum Gasteiger partial charge on any atom is 0.349 e. The van der Waals surface area contributed by atoms with Gasteiger partial charge in [0.05, 0.1) is 11.1 Å². The van der Waals surface area contributed by atoms with Crippen LogP contribution in [0.3, 0.4) is 0 Å². The molecule has 3 aromatic rings. The molecule has 0 aromatic heterocycles. The van der Waals surface area contributed by atoms with Gasteiger partial charge in [-0.3, -0.25) is 4.79 Å². The Labute approximate surface area is 202 Å². The van der Waals surface area contributed by atoms with Crippen molar-refractivity contribution in [2.45, 2.75) is 32.6 Å². The molecule has 0 aliphatic carbocycles. The largest absolute Gasteiger partial charge is 0.478 e. The van der Waals surface area contributed by atoms with Gasteiger partial charge in [0.15, 0.2) is 0 Å². The van der Waals surface area contributed by atoms with Crippen LogP contribution < -0.4 is 5.32 Å². The van der Waals surface area contributed by atoms with E-state index in [1.54, 1.807) is 48.5 Å². The summed E-state index contributed by atoms with van der Waals surface area (Å²) in [5.74, 6) is -4.45. The van der Waals surface area contributed by atoms with E-state index in [1.807, 2.05) is 19.9 Å². The van der Waals surface area contributed by atoms with E-state index in [1.165, 1.54) is 24.3 Å². The molecule has 2 N–H and O–H groups in total. The molecule has 2 atom stereocenters. The lowest BCUT2D eigenvalue weighted by Gasteiger charge is -2.23. The predicted molar refractivity (Wildman–Crippen MR) is 127 cm³/mol. The van der Waals surface area contributed by atoms with Gasteiger partial charge in [-0.15, -0.1) is 0 Å². The molecule has 180 valence electrons. The van der Waals surface area contributed by atoms with Gasteiger partial charge in [-0.25, -0.2) is 14.4 Å². The number of carboxylic acid groups (broad SMARTS) is 1. The minimum absolute atomic E-state index is 0.0521. The number of hydrogen-bond donors (Lipinski definition) is 2. The van der Waals surface area contributed by atoms with Crippen molar-refractivity contribution in [3.8, 4) is 0 Å². The third-order valence-corrected chi connectivity index (χ3v) is 5.13. The fourth-order valence-electron chi connectivity index (χ4n) is 3.13. The molecule has 0 aliphatic rings. The molecule has 8 nitrogen and oxygen atoms in total. The van der Waals surface area contributed by atoms with Gasteiger partial charge >= 0.3 is 17.9 Å². The third kappa shape index (κ3) is 7.01. The van der Waals surface area contributed by atoms with Gasteiger partial charge < -0.3 is 19.9 Å². The predicted octanol–water partition coefficient (Wildman–Crippen LogP) is 3.46. The van der Waals surface area contributed by atoms with Crippen molar-refractivity contribution in [3.63, 3.8) is 0 Å². The summed E-state index contributed by atoms with van der Waals surface area (Å²) in [5, 5.41) is 12.3. The normalized spacial score (nSPS) is 12.2. The summed E-state index contributed by atoms with van der Waals surface area (Å²) < 4.78 is 10.4. The van der Waals surface area contributed by atoms with Crippen molar-refractivity contribution < 1.29 is 33.8 Å². The number of aliphatic carboxylic acids is 1. The molecule has 0 heterocycles. The van der Waals surface area contributed by atoms with Gasteiger partial charge in [-0.05, 0) is 43.7 Å². The van der Waals surface area contributed by atoms with Crippen LogP contribution in [0, 0.1) is 13.8 Å². The zero-order valence-electron chi connectivity index (χ0n) is 19.3. The van der Waals surface area contributed by atoms with Crippen molar-refractivity contribution in [1.29, 1.82) is 0 Å². The Kier molecular flexibility index (Phi) is 8.34. The van der Waals surface area contributed by atoms with Crippen LogP contribution in [0.15, 0.2) is 78.9 Å². The minimum Gasteiger partial charge on any atom is -0.478 e. The Morgan fingerprint density at radius 2 is 1.17 bits per heavy atom. The maximum absolute atomic E-state index is 13.0. The highest BCUT2D eigenvalue weighted by Crippen LogP contribution is 2.15. The number of rotatable bonds is 9. The summed E-state index contributed by atoms with van der Waals surface area (Å²) in [6.07, 6.45) is -4.01. The number of benzene rings is 3. The van der Waals surface area contributed by atoms with Crippen LogP contribution >= 0.6 is 0 Å². The van der Waals surface area contributed by atoms with Crippen molar-refractivity contribution in [2.24, 2.45) is 0 Å². The average molecular weight is 475 g/mol. The van der Waals surface area contributed by atoms with Gasteiger partial charge in [0.2, 0.25) is 12.2 Å². The van der Waals surface area contributed by atoms with Gasteiger partial charge in [-0.2, -0.15) is 0 Å².